The molecule has 0 bridgehead atoms. The van der Waals surface area contributed by atoms with Crippen LogP contribution in [0.5, 0.6) is 0 Å². The minimum absolute atomic E-state index is 0.167. The number of hydrogen-bond acceptors (Lipinski definition) is 3. The van der Waals surface area contributed by atoms with Crippen LogP contribution in [0, 0.1) is 5.41 Å². The number of primary amides is 1. The molecule has 4 N–H and O–H groups in total. The first kappa shape index (κ1) is 15.3. The third-order valence-corrected chi connectivity index (χ3v) is 3.39. The number of likely N-dealkylation sites (tertiary alicyclic amines) is 1. The number of hydrogen-bond donors (Lipinski definition) is 3. The van der Waals surface area contributed by atoms with Gasteiger partial charge in [0.05, 0.1) is 11.8 Å². The molecule has 1 rings (SSSR count). The van der Waals surface area contributed by atoms with Crippen LogP contribution in [-0.4, -0.2) is 46.5 Å². The molecule has 1 saturated heterocycles. The van der Waals surface area contributed by atoms with E-state index in [0.29, 0.717) is 13.0 Å². The van der Waals surface area contributed by atoms with Crippen molar-refractivity contribution in [2.45, 2.75) is 39.2 Å². The minimum atomic E-state index is -0.978. The zero-order valence-electron chi connectivity index (χ0n) is 11.5. The highest BCUT2D eigenvalue weighted by atomic mass is 16.4. The number of nitrogens with zero attached hydrogens (tertiary/aromatic N) is 1. The molecule has 1 unspecified atom stereocenters. The summed E-state index contributed by atoms with van der Waals surface area (Å²) in [5.74, 6) is -1.40. The number of amides is 3. The van der Waals surface area contributed by atoms with E-state index < -0.39 is 22.8 Å². The molecule has 0 aliphatic carbocycles. The molecule has 1 aliphatic rings. The van der Waals surface area contributed by atoms with Crippen LogP contribution in [0.15, 0.2) is 0 Å². The normalized spacial score (nSPS) is 23.2. The van der Waals surface area contributed by atoms with Crippen LogP contribution in [-0.2, 0) is 9.59 Å². The van der Waals surface area contributed by atoms with E-state index in [1.165, 1.54) is 4.90 Å². The SMILES string of the molecule is CC(C)(CC(=O)O)NC(=O)N1CCC(C)(C(N)=O)C1. The lowest BCUT2D eigenvalue weighted by atomic mass is 9.89. The van der Waals surface area contributed by atoms with Crippen LogP contribution in [0.2, 0.25) is 0 Å². The third-order valence-electron chi connectivity index (χ3n) is 3.39. The molecule has 0 aromatic heterocycles. The maximum atomic E-state index is 12.0. The number of carboxylic acids is 1. The molecular weight excluding hydrogens is 250 g/mol. The van der Waals surface area contributed by atoms with Crippen LogP contribution >= 0.6 is 0 Å². The number of nitrogens with one attached hydrogen (secondary N) is 1. The van der Waals surface area contributed by atoms with Crippen LogP contribution < -0.4 is 11.1 Å². The average molecular weight is 271 g/mol. The van der Waals surface area contributed by atoms with Crippen molar-refractivity contribution in [3.05, 3.63) is 0 Å². The molecule has 1 heterocycles. The molecule has 1 fully saturated rings. The van der Waals surface area contributed by atoms with Crippen molar-refractivity contribution in [3.8, 4) is 0 Å². The summed E-state index contributed by atoms with van der Waals surface area (Å²) in [4.78, 5) is 35.5. The van der Waals surface area contributed by atoms with Crippen LogP contribution in [0.3, 0.4) is 0 Å². The lowest BCUT2D eigenvalue weighted by Gasteiger charge is -2.28. The second-order valence-electron chi connectivity index (χ2n) is 5.98. The van der Waals surface area contributed by atoms with Gasteiger partial charge in [0.1, 0.15) is 0 Å². The van der Waals surface area contributed by atoms with Gasteiger partial charge >= 0.3 is 12.0 Å². The fraction of sp³-hybridized carbons (Fsp3) is 0.750. The summed E-state index contributed by atoms with van der Waals surface area (Å²) in [6.07, 6.45) is 0.356. The van der Waals surface area contributed by atoms with E-state index in [1.807, 2.05) is 0 Å². The number of carbonyl (C=O) groups excluding carboxylic acids is 2. The molecule has 0 aromatic carbocycles. The Bertz CT molecular complexity index is 408. The summed E-state index contributed by atoms with van der Waals surface area (Å²) in [6.45, 7) is 5.71. The molecule has 19 heavy (non-hydrogen) atoms. The van der Waals surface area contributed by atoms with E-state index in [0.717, 1.165) is 0 Å². The predicted octanol–water partition coefficient (Wildman–Crippen LogP) is 0.147. The summed E-state index contributed by atoms with van der Waals surface area (Å²) in [5, 5.41) is 11.4. The first-order valence-corrected chi connectivity index (χ1v) is 6.14. The Balaban J connectivity index is 2.61. The standard InChI is InChI=1S/C12H21N3O4/c1-11(2,6-8(16)17)14-10(19)15-5-4-12(3,7-15)9(13)18/h4-7H2,1-3H3,(H2,13,18)(H,14,19)(H,16,17). The van der Waals surface area contributed by atoms with Gasteiger partial charge in [0.15, 0.2) is 0 Å². The Hall–Kier alpha value is -1.79. The summed E-state index contributed by atoms with van der Waals surface area (Å²) < 4.78 is 0. The van der Waals surface area contributed by atoms with Gasteiger partial charge in [-0.25, -0.2) is 4.79 Å². The number of carbonyl (C=O) groups is 3. The molecule has 7 heteroatoms. The molecule has 3 amide bonds. The smallest absolute Gasteiger partial charge is 0.317 e. The highest BCUT2D eigenvalue weighted by molar-refractivity contribution is 5.83. The average Bonchev–Trinajstić information content (AvgIpc) is 2.59. The van der Waals surface area contributed by atoms with Crippen molar-refractivity contribution in [3.63, 3.8) is 0 Å². The van der Waals surface area contributed by atoms with E-state index >= 15 is 0 Å². The van der Waals surface area contributed by atoms with Gasteiger partial charge < -0.3 is 21.1 Å². The summed E-state index contributed by atoms with van der Waals surface area (Å²) in [6, 6.07) is -0.365. The van der Waals surface area contributed by atoms with E-state index in [4.69, 9.17) is 10.8 Å². The van der Waals surface area contributed by atoms with Gasteiger partial charge in [-0.05, 0) is 27.2 Å². The van der Waals surface area contributed by atoms with Gasteiger partial charge in [0, 0.05) is 18.6 Å². The molecule has 1 atom stereocenters. The highest BCUT2D eigenvalue weighted by Crippen LogP contribution is 2.29. The Labute approximate surface area is 112 Å². The monoisotopic (exact) mass is 271 g/mol. The topological polar surface area (TPSA) is 113 Å². The van der Waals surface area contributed by atoms with Gasteiger partial charge in [0.25, 0.3) is 0 Å². The van der Waals surface area contributed by atoms with E-state index in [9.17, 15) is 14.4 Å². The molecule has 0 saturated carbocycles. The largest absolute Gasteiger partial charge is 0.481 e. The number of aliphatic carboxylic acids is 1. The van der Waals surface area contributed by atoms with Crippen molar-refractivity contribution in [1.82, 2.24) is 10.2 Å². The van der Waals surface area contributed by atoms with E-state index in [1.54, 1.807) is 20.8 Å². The Morgan fingerprint density at radius 2 is 2.00 bits per heavy atom. The number of rotatable bonds is 4. The van der Waals surface area contributed by atoms with Crippen molar-refractivity contribution in [2.75, 3.05) is 13.1 Å². The van der Waals surface area contributed by atoms with Gasteiger partial charge in [0.2, 0.25) is 5.91 Å². The van der Waals surface area contributed by atoms with Gasteiger partial charge in [-0.15, -0.1) is 0 Å². The molecule has 0 aromatic rings. The second-order valence-corrected chi connectivity index (χ2v) is 5.98. The third kappa shape index (κ3) is 3.84. The van der Waals surface area contributed by atoms with Crippen molar-refractivity contribution in [1.29, 1.82) is 0 Å². The lowest BCUT2D eigenvalue weighted by molar-refractivity contribution is -0.138. The molecule has 0 spiro atoms. The second kappa shape index (κ2) is 5.07. The maximum absolute atomic E-state index is 12.0. The summed E-state index contributed by atoms with van der Waals surface area (Å²) >= 11 is 0. The zero-order chi connectivity index (χ0) is 14.8. The maximum Gasteiger partial charge on any atom is 0.317 e. The number of carboxylic acid groups (broad SMARTS) is 1. The molecule has 108 valence electrons. The van der Waals surface area contributed by atoms with Gasteiger partial charge in [-0.2, -0.15) is 0 Å². The van der Waals surface area contributed by atoms with Crippen molar-refractivity contribution >= 4 is 17.9 Å². The minimum Gasteiger partial charge on any atom is -0.481 e. The number of urea groups is 1. The van der Waals surface area contributed by atoms with Gasteiger partial charge in [-0.3, -0.25) is 9.59 Å². The zero-order valence-corrected chi connectivity index (χ0v) is 11.5. The quantitative estimate of drug-likeness (QED) is 0.675. The van der Waals surface area contributed by atoms with Crippen LogP contribution in [0.4, 0.5) is 4.79 Å². The summed E-state index contributed by atoms with van der Waals surface area (Å²) in [7, 11) is 0. The fourth-order valence-electron chi connectivity index (χ4n) is 2.13. The molecule has 0 radical (unpaired) electrons. The Kier molecular flexibility index (Phi) is 4.07. The highest BCUT2D eigenvalue weighted by Gasteiger charge is 2.41. The first-order chi connectivity index (χ1) is 8.56. The Morgan fingerprint density at radius 3 is 2.42 bits per heavy atom. The fourth-order valence-corrected chi connectivity index (χ4v) is 2.13. The molecule has 1 aliphatic heterocycles. The lowest BCUT2D eigenvalue weighted by Crippen LogP contribution is -2.51. The van der Waals surface area contributed by atoms with E-state index in [2.05, 4.69) is 5.32 Å². The van der Waals surface area contributed by atoms with Crippen molar-refractivity contribution in [2.24, 2.45) is 11.1 Å². The molecule has 7 nitrogen and oxygen atoms in total. The first-order valence-electron chi connectivity index (χ1n) is 6.14. The van der Waals surface area contributed by atoms with Gasteiger partial charge in [-0.1, -0.05) is 0 Å². The van der Waals surface area contributed by atoms with Crippen molar-refractivity contribution < 1.29 is 19.5 Å². The van der Waals surface area contributed by atoms with Crippen LogP contribution in [0.1, 0.15) is 33.6 Å². The van der Waals surface area contributed by atoms with E-state index in [-0.39, 0.29) is 19.0 Å². The Morgan fingerprint density at radius 1 is 1.42 bits per heavy atom. The molecular formula is C12H21N3O4. The predicted molar refractivity (Wildman–Crippen MR) is 68.4 cm³/mol. The summed E-state index contributed by atoms with van der Waals surface area (Å²) in [5.41, 5.74) is 3.77. The van der Waals surface area contributed by atoms with Crippen LogP contribution in [0.25, 0.3) is 0 Å². The number of nitrogens with two attached hydrogens (primary N) is 1.